The molecule has 1 heterocycles. The Morgan fingerprint density at radius 1 is 1.35 bits per heavy atom. The maximum absolute atomic E-state index is 11.5. The largest absolute Gasteiger partial charge is 0.462 e. The molecule has 2 rings (SSSR count). The minimum Gasteiger partial charge on any atom is -0.462 e. The smallest absolute Gasteiger partial charge is 0.339 e. The lowest BCUT2D eigenvalue weighted by Gasteiger charge is -1.98. The van der Waals surface area contributed by atoms with E-state index in [1.54, 1.807) is 19.2 Å². The van der Waals surface area contributed by atoms with Crippen molar-refractivity contribution < 1.29 is 9.53 Å². The van der Waals surface area contributed by atoms with Crippen LogP contribution in [0.15, 0.2) is 36.5 Å². The van der Waals surface area contributed by atoms with Gasteiger partial charge in [0.05, 0.1) is 12.2 Å². The molecule has 0 saturated heterocycles. The summed E-state index contributed by atoms with van der Waals surface area (Å²) in [5.41, 5.74) is 2.37. The zero-order valence-electron chi connectivity index (χ0n) is 9.37. The van der Waals surface area contributed by atoms with Crippen LogP contribution in [0.2, 0.25) is 5.02 Å². The lowest BCUT2D eigenvalue weighted by Crippen LogP contribution is -2.02. The third-order valence-electron chi connectivity index (χ3n) is 2.35. The van der Waals surface area contributed by atoms with Crippen molar-refractivity contribution in [3.63, 3.8) is 0 Å². The second-order valence-electron chi connectivity index (χ2n) is 3.53. The molecule has 3 nitrogen and oxygen atoms in total. The molecule has 0 fully saturated rings. The van der Waals surface area contributed by atoms with Crippen LogP contribution in [0.25, 0.3) is 11.3 Å². The highest BCUT2D eigenvalue weighted by atomic mass is 35.5. The summed E-state index contributed by atoms with van der Waals surface area (Å²) in [4.78, 5) is 14.5. The number of aromatic nitrogens is 1. The number of rotatable bonds is 3. The SMILES string of the molecule is CCOC(=O)c1c[nH]c(-c2ccc(Cl)cc2)c1. The van der Waals surface area contributed by atoms with Gasteiger partial charge in [0, 0.05) is 16.9 Å². The molecule has 1 aromatic heterocycles. The Labute approximate surface area is 104 Å². The molecule has 2 aromatic rings. The third-order valence-corrected chi connectivity index (χ3v) is 2.60. The van der Waals surface area contributed by atoms with Crippen LogP contribution in [0, 0.1) is 0 Å². The number of H-pyrrole nitrogens is 1. The lowest BCUT2D eigenvalue weighted by atomic mass is 10.1. The Kier molecular flexibility index (Phi) is 3.49. The van der Waals surface area contributed by atoms with Gasteiger partial charge in [-0.2, -0.15) is 0 Å². The molecule has 88 valence electrons. The topological polar surface area (TPSA) is 42.1 Å². The van der Waals surface area contributed by atoms with E-state index in [4.69, 9.17) is 16.3 Å². The van der Waals surface area contributed by atoms with E-state index in [1.807, 2.05) is 24.3 Å². The summed E-state index contributed by atoms with van der Waals surface area (Å²) in [6, 6.07) is 9.16. The molecule has 0 aliphatic heterocycles. The van der Waals surface area contributed by atoms with E-state index in [-0.39, 0.29) is 5.97 Å². The van der Waals surface area contributed by atoms with Gasteiger partial charge in [0.25, 0.3) is 0 Å². The normalized spacial score (nSPS) is 10.2. The molecule has 1 aromatic carbocycles. The van der Waals surface area contributed by atoms with Crippen LogP contribution in [0.1, 0.15) is 17.3 Å². The van der Waals surface area contributed by atoms with E-state index in [9.17, 15) is 4.79 Å². The second kappa shape index (κ2) is 5.06. The molecule has 0 aliphatic rings. The van der Waals surface area contributed by atoms with E-state index in [0.717, 1.165) is 11.3 Å². The van der Waals surface area contributed by atoms with Crippen molar-refractivity contribution in [1.29, 1.82) is 0 Å². The van der Waals surface area contributed by atoms with Gasteiger partial charge in [0.1, 0.15) is 0 Å². The average Bonchev–Trinajstić information content (AvgIpc) is 2.80. The van der Waals surface area contributed by atoms with Crippen LogP contribution in [-0.4, -0.2) is 17.6 Å². The maximum Gasteiger partial charge on any atom is 0.339 e. The zero-order valence-corrected chi connectivity index (χ0v) is 10.1. The minimum atomic E-state index is -0.316. The van der Waals surface area contributed by atoms with Gasteiger partial charge < -0.3 is 9.72 Å². The minimum absolute atomic E-state index is 0.316. The highest BCUT2D eigenvalue weighted by Crippen LogP contribution is 2.21. The molecule has 0 aliphatic carbocycles. The van der Waals surface area contributed by atoms with Crippen LogP contribution in [0.4, 0.5) is 0 Å². The number of nitrogens with one attached hydrogen (secondary N) is 1. The highest BCUT2D eigenvalue weighted by Gasteiger charge is 2.09. The van der Waals surface area contributed by atoms with Crippen LogP contribution >= 0.6 is 11.6 Å². The summed E-state index contributed by atoms with van der Waals surface area (Å²) in [6.45, 7) is 2.16. The number of benzene rings is 1. The molecule has 0 saturated carbocycles. The number of carbonyl (C=O) groups is 1. The second-order valence-corrected chi connectivity index (χ2v) is 3.97. The summed E-state index contributed by atoms with van der Waals surface area (Å²) >= 11 is 5.81. The Morgan fingerprint density at radius 2 is 2.06 bits per heavy atom. The number of esters is 1. The number of aromatic amines is 1. The first kappa shape index (κ1) is 11.7. The van der Waals surface area contributed by atoms with E-state index in [0.29, 0.717) is 17.2 Å². The fourth-order valence-electron chi connectivity index (χ4n) is 1.52. The molecule has 4 heteroatoms. The van der Waals surface area contributed by atoms with Gasteiger partial charge in [-0.1, -0.05) is 23.7 Å². The van der Waals surface area contributed by atoms with Gasteiger partial charge in [-0.15, -0.1) is 0 Å². The molecule has 17 heavy (non-hydrogen) atoms. The third kappa shape index (κ3) is 2.68. The van der Waals surface area contributed by atoms with Crippen molar-refractivity contribution in [2.24, 2.45) is 0 Å². The zero-order chi connectivity index (χ0) is 12.3. The van der Waals surface area contributed by atoms with Crippen LogP contribution in [0.3, 0.4) is 0 Å². The van der Waals surface area contributed by atoms with Crippen LogP contribution in [-0.2, 0) is 4.74 Å². The van der Waals surface area contributed by atoms with Gasteiger partial charge >= 0.3 is 5.97 Å². The summed E-state index contributed by atoms with van der Waals surface area (Å²) < 4.78 is 4.92. The molecular formula is C13H12ClNO2. The molecule has 0 radical (unpaired) electrons. The Morgan fingerprint density at radius 3 is 2.71 bits per heavy atom. The van der Waals surface area contributed by atoms with Crippen molar-refractivity contribution in [2.75, 3.05) is 6.61 Å². The van der Waals surface area contributed by atoms with Crippen molar-refractivity contribution in [3.05, 3.63) is 47.1 Å². The molecular weight excluding hydrogens is 238 g/mol. The van der Waals surface area contributed by atoms with Crippen molar-refractivity contribution in [3.8, 4) is 11.3 Å². The fourth-order valence-corrected chi connectivity index (χ4v) is 1.65. The summed E-state index contributed by atoms with van der Waals surface area (Å²) in [6.07, 6.45) is 1.64. The van der Waals surface area contributed by atoms with Gasteiger partial charge in [-0.25, -0.2) is 4.79 Å². The number of halogens is 1. The standard InChI is InChI=1S/C13H12ClNO2/c1-2-17-13(16)10-7-12(15-8-10)9-3-5-11(14)6-4-9/h3-8,15H,2H2,1H3. The van der Waals surface area contributed by atoms with E-state index < -0.39 is 0 Å². The fraction of sp³-hybridized carbons (Fsp3) is 0.154. The number of hydrogen-bond acceptors (Lipinski definition) is 2. The van der Waals surface area contributed by atoms with E-state index >= 15 is 0 Å². The van der Waals surface area contributed by atoms with Crippen molar-refractivity contribution in [1.82, 2.24) is 4.98 Å². The van der Waals surface area contributed by atoms with Crippen LogP contribution < -0.4 is 0 Å². The Balaban J connectivity index is 2.23. The van der Waals surface area contributed by atoms with Crippen LogP contribution in [0.5, 0.6) is 0 Å². The quantitative estimate of drug-likeness (QED) is 0.846. The van der Waals surface area contributed by atoms with Crippen molar-refractivity contribution >= 4 is 17.6 Å². The lowest BCUT2D eigenvalue weighted by molar-refractivity contribution is 0.0526. The van der Waals surface area contributed by atoms with Gasteiger partial charge in [-0.05, 0) is 30.7 Å². The van der Waals surface area contributed by atoms with Crippen molar-refractivity contribution in [2.45, 2.75) is 6.92 Å². The Hall–Kier alpha value is -1.74. The first-order valence-electron chi connectivity index (χ1n) is 5.32. The molecule has 0 bridgehead atoms. The summed E-state index contributed by atoms with van der Waals surface area (Å²) in [5.74, 6) is -0.316. The highest BCUT2D eigenvalue weighted by molar-refractivity contribution is 6.30. The monoisotopic (exact) mass is 249 g/mol. The summed E-state index contributed by atoms with van der Waals surface area (Å²) in [5, 5.41) is 0.686. The molecule has 0 unspecified atom stereocenters. The van der Waals surface area contributed by atoms with Gasteiger partial charge in [0.2, 0.25) is 0 Å². The first-order chi connectivity index (χ1) is 8.20. The molecule has 0 amide bonds. The predicted molar refractivity (Wildman–Crippen MR) is 67.2 cm³/mol. The average molecular weight is 250 g/mol. The molecule has 1 N–H and O–H groups in total. The molecule has 0 spiro atoms. The van der Waals surface area contributed by atoms with Gasteiger partial charge in [-0.3, -0.25) is 0 Å². The first-order valence-corrected chi connectivity index (χ1v) is 5.70. The summed E-state index contributed by atoms with van der Waals surface area (Å²) in [7, 11) is 0. The number of hydrogen-bond donors (Lipinski definition) is 1. The number of ether oxygens (including phenoxy) is 1. The molecule has 0 atom stereocenters. The predicted octanol–water partition coefficient (Wildman–Crippen LogP) is 3.51. The maximum atomic E-state index is 11.5. The van der Waals surface area contributed by atoms with E-state index in [2.05, 4.69) is 4.98 Å². The Bertz CT molecular complexity index is 516. The van der Waals surface area contributed by atoms with E-state index in [1.165, 1.54) is 0 Å². The number of carbonyl (C=O) groups excluding carboxylic acids is 1. The van der Waals surface area contributed by atoms with Gasteiger partial charge in [0.15, 0.2) is 0 Å².